The summed E-state index contributed by atoms with van der Waals surface area (Å²) < 4.78 is 0. The SMILES string of the molecule is CCCCN(C)c1cc(Nc2ccc(C(C)(C)C)cc2)ncn1. The van der Waals surface area contributed by atoms with E-state index in [0.717, 1.165) is 30.3 Å². The normalized spacial score (nSPS) is 11.3. The Bertz CT molecular complexity index is 614. The van der Waals surface area contributed by atoms with Gasteiger partial charge in [-0.15, -0.1) is 0 Å². The molecule has 0 saturated heterocycles. The lowest BCUT2D eigenvalue weighted by atomic mass is 9.87. The van der Waals surface area contributed by atoms with E-state index in [0.29, 0.717) is 0 Å². The zero-order chi connectivity index (χ0) is 16.9. The van der Waals surface area contributed by atoms with Crippen molar-refractivity contribution in [2.24, 2.45) is 0 Å². The first-order valence-corrected chi connectivity index (χ1v) is 8.31. The van der Waals surface area contributed by atoms with E-state index in [1.165, 1.54) is 12.0 Å². The van der Waals surface area contributed by atoms with Gasteiger partial charge in [0.15, 0.2) is 0 Å². The number of hydrogen-bond acceptors (Lipinski definition) is 4. The molecular weight excluding hydrogens is 284 g/mol. The van der Waals surface area contributed by atoms with Crippen LogP contribution in [0.25, 0.3) is 0 Å². The average molecular weight is 312 g/mol. The molecule has 2 rings (SSSR count). The molecule has 0 amide bonds. The molecule has 0 unspecified atom stereocenters. The van der Waals surface area contributed by atoms with E-state index in [4.69, 9.17) is 0 Å². The molecule has 4 nitrogen and oxygen atoms in total. The molecule has 0 aliphatic rings. The lowest BCUT2D eigenvalue weighted by Gasteiger charge is -2.20. The first-order valence-electron chi connectivity index (χ1n) is 8.31. The van der Waals surface area contributed by atoms with Gasteiger partial charge in [-0.25, -0.2) is 9.97 Å². The van der Waals surface area contributed by atoms with Crippen molar-refractivity contribution in [3.8, 4) is 0 Å². The van der Waals surface area contributed by atoms with Crippen LogP contribution in [0.1, 0.15) is 46.1 Å². The van der Waals surface area contributed by atoms with Gasteiger partial charge in [0.05, 0.1) is 0 Å². The summed E-state index contributed by atoms with van der Waals surface area (Å²) in [5.74, 6) is 1.77. The molecule has 0 aliphatic carbocycles. The molecule has 0 fully saturated rings. The van der Waals surface area contributed by atoms with Crippen LogP contribution in [0.3, 0.4) is 0 Å². The molecule has 2 aromatic rings. The zero-order valence-corrected chi connectivity index (χ0v) is 14.9. The van der Waals surface area contributed by atoms with Crippen molar-refractivity contribution >= 4 is 17.3 Å². The van der Waals surface area contributed by atoms with Gasteiger partial charge in [-0.05, 0) is 29.5 Å². The van der Waals surface area contributed by atoms with Crippen molar-refractivity contribution < 1.29 is 0 Å². The maximum absolute atomic E-state index is 4.36. The summed E-state index contributed by atoms with van der Waals surface area (Å²) in [6.45, 7) is 9.87. The van der Waals surface area contributed by atoms with Crippen molar-refractivity contribution in [2.45, 2.75) is 46.0 Å². The number of nitrogens with zero attached hydrogens (tertiary/aromatic N) is 3. The van der Waals surface area contributed by atoms with Crippen molar-refractivity contribution in [3.05, 3.63) is 42.2 Å². The van der Waals surface area contributed by atoms with Crippen molar-refractivity contribution in [2.75, 3.05) is 23.8 Å². The van der Waals surface area contributed by atoms with E-state index in [1.54, 1.807) is 6.33 Å². The minimum Gasteiger partial charge on any atom is -0.360 e. The van der Waals surface area contributed by atoms with Gasteiger partial charge < -0.3 is 10.2 Å². The number of benzene rings is 1. The standard InChI is InChI=1S/C19H28N4/c1-6-7-12-23(5)18-13-17(20-14-21-18)22-16-10-8-15(9-11-16)19(2,3)4/h8-11,13-14H,6-7,12H2,1-5H3,(H,20,21,22). The maximum Gasteiger partial charge on any atom is 0.135 e. The van der Waals surface area contributed by atoms with Crippen molar-refractivity contribution in [1.82, 2.24) is 9.97 Å². The number of nitrogens with one attached hydrogen (secondary N) is 1. The first kappa shape index (κ1) is 17.3. The summed E-state index contributed by atoms with van der Waals surface area (Å²) in [5.41, 5.74) is 2.53. The molecule has 1 N–H and O–H groups in total. The van der Waals surface area contributed by atoms with Gasteiger partial charge in [0.1, 0.15) is 18.0 Å². The fourth-order valence-electron chi connectivity index (χ4n) is 2.34. The first-order chi connectivity index (χ1) is 10.9. The number of rotatable bonds is 6. The third-order valence-electron chi connectivity index (χ3n) is 3.91. The van der Waals surface area contributed by atoms with E-state index in [-0.39, 0.29) is 5.41 Å². The summed E-state index contributed by atoms with van der Waals surface area (Å²) in [6, 6.07) is 10.5. The van der Waals surface area contributed by atoms with Gasteiger partial charge in [0.25, 0.3) is 0 Å². The third-order valence-corrected chi connectivity index (χ3v) is 3.91. The Morgan fingerprint density at radius 2 is 1.78 bits per heavy atom. The monoisotopic (exact) mass is 312 g/mol. The highest BCUT2D eigenvalue weighted by Crippen LogP contribution is 2.25. The second-order valence-corrected chi connectivity index (χ2v) is 6.99. The molecule has 1 aromatic heterocycles. The Kier molecular flexibility index (Phi) is 5.59. The molecule has 0 spiro atoms. The zero-order valence-electron chi connectivity index (χ0n) is 14.9. The van der Waals surface area contributed by atoms with Crippen molar-refractivity contribution in [3.63, 3.8) is 0 Å². The molecule has 124 valence electrons. The Morgan fingerprint density at radius 1 is 1.09 bits per heavy atom. The van der Waals surface area contributed by atoms with Crippen LogP contribution in [0.4, 0.5) is 17.3 Å². The second kappa shape index (κ2) is 7.44. The van der Waals surface area contributed by atoms with E-state index in [1.807, 2.05) is 6.07 Å². The molecular formula is C19H28N4. The summed E-state index contributed by atoms with van der Waals surface area (Å²) in [6.07, 6.45) is 3.96. The number of unbranched alkanes of at least 4 members (excludes halogenated alkanes) is 1. The van der Waals surface area contributed by atoms with Gasteiger partial charge in [0.2, 0.25) is 0 Å². The summed E-state index contributed by atoms with van der Waals surface area (Å²) >= 11 is 0. The average Bonchev–Trinajstić information content (AvgIpc) is 2.52. The van der Waals surface area contributed by atoms with E-state index in [9.17, 15) is 0 Å². The van der Waals surface area contributed by atoms with Crippen LogP contribution in [0, 0.1) is 0 Å². The molecule has 4 heteroatoms. The smallest absolute Gasteiger partial charge is 0.135 e. The Labute approximate surface area is 140 Å². The van der Waals surface area contributed by atoms with Crippen LogP contribution in [0.2, 0.25) is 0 Å². The number of aromatic nitrogens is 2. The predicted molar refractivity (Wildman–Crippen MR) is 98.6 cm³/mol. The number of hydrogen-bond donors (Lipinski definition) is 1. The summed E-state index contributed by atoms with van der Waals surface area (Å²) in [7, 11) is 2.07. The highest BCUT2D eigenvalue weighted by molar-refractivity contribution is 5.59. The van der Waals surface area contributed by atoms with Gasteiger partial charge in [0, 0.05) is 25.3 Å². The van der Waals surface area contributed by atoms with Gasteiger partial charge in [-0.3, -0.25) is 0 Å². The van der Waals surface area contributed by atoms with Crippen molar-refractivity contribution in [1.29, 1.82) is 0 Å². The lowest BCUT2D eigenvalue weighted by Crippen LogP contribution is -2.19. The third kappa shape index (κ3) is 4.95. The van der Waals surface area contributed by atoms with Crippen LogP contribution >= 0.6 is 0 Å². The van der Waals surface area contributed by atoms with E-state index < -0.39 is 0 Å². The highest BCUT2D eigenvalue weighted by atomic mass is 15.2. The molecule has 0 saturated carbocycles. The van der Waals surface area contributed by atoms with Crippen LogP contribution in [-0.4, -0.2) is 23.6 Å². The quantitative estimate of drug-likeness (QED) is 0.835. The molecule has 0 atom stereocenters. The van der Waals surface area contributed by atoms with Gasteiger partial charge >= 0.3 is 0 Å². The minimum absolute atomic E-state index is 0.169. The minimum atomic E-state index is 0.169. The van der Waals surface area contributed by atoms with Crippen LogP contribution in [0.5, 0.6) is 0 Å². The lowest BCUT2D eigenvalue weighted by molar-refractivity contribution is 0.590. The van der Waals surface area contributed by atoms with E-state index >= 15 is 0 Å². The maximum atomic E-state index is 4.36. The molecule has 1 aromatic carbocycles. The number of anilines is 3. The molecule has 0 radical (unpaired) electrons. The fourth-order valence-corrected chi connectivity index (χ4v) is 2.34. The van der Waals surface area contributed by atoms with E-state index in [2.05, 4.69) is 79.2 Å². The summed E-state index contributed by atoms with van der Waals surface area (Å²) in [5, 5.41) is 3.36. The molecule has 0 bridgehead atoms. The van der Waals surface area contributed by atoms with Crippen LogP contribution in [0.15, 0.2) is 36.7 Å². The largest absolute Gasteiger partial charge is 0.360 e. The summed E-state index contributed by atoms with van der Waals surface area (Å²) in [4.78, 5) is 10.8. The highest BCUT2D eigenvalue weighted by Gasteiger charge is 2.13. The van der Waals surface area contributed by atoms with Gasteiger partial charge in [-0.1, -0.05) is 46.2 Å². The predicted octanol–water partition coefficient (Wildman–Crippen LogP) is 4.75. The second-order valence-electron chi connectivity index (χ2n) is 6.99. The van der Waals surface area contributed by atoms with Gasteiger partial charge in [-0.2, -0.15) is 0 Å². The molecule has 0 aliphatic heterocycles. The topological polar surface area (TPSA) is 41.0 Å². The molecule has 1 heterocycles. The Morgan fingerprint density at radius 3 is 2.39 bits per heavy atom. The Hall–Kier alpha value is -2.10. The fraction of sp³-hybridized carbons (Fsp3) is 0.474. The molecule has 23 heavy (non-hydrogen) atoms. The van der Waals surface area contributed by atoms with Crippen LogP contribution < -0.4 is 10.2 Å². The van der Waals surface area contributed by atoms with Crippen LogP contribution in [-0.2, 0) is 5.41 Å². The Balaban J connectivity index is 2.08.